The first kappa shape index (κ1) is 17.8. The number of carbonyl (C=O) groups is 1. The summed E-state index contributed by atoms with van der Waals surface area (Å²) in [6.07, 6.45) is 2.94. The van der Waals surface area contributed by atoms with Crippen molar-refractivity contribution in [2.45, 2.75) is 25.0 Å². The van der Waals surface area contributed by atoms with E-state index in [2.05, 4.69) is 9.55 Å². The molecule has 0 radical (unpaired) electrons. The van der Waals surface area contributed by atoms with E-state index in [1.165, 1.54) is 0 Å². The molecule has 3 heterocycles. The minimum absolute atomic E-state index is 0.0146. The molecule has 1 saturated heterocycles. The Labute approximate surface area is 173 Å². The van der Waals surface area contributed by atoms with Crippen LogP contribution in [0.15, 0.2) is 48.8 Å². The number of amides is 1. The van der Waals surface area contributed by atoms with Crippen molar-refractivity contribution in [1.82, 2.24) is 14.5 Å². The number of likely N-dealkylation sites (tertiary alicyclic amines) is 1. The number of rotatable bonds is 2. The third kappa shape index (κ3) is 2.76. The zero-order valence-corrected chi connectivity index (χ0v) is 16.5. The van der Waals surface area contributed by atoms with E-state index in [0.717, 1.165) is 17.5 Å². The average molecular weight is 405 g/mol. The Morgan fingerprint density at radius 2 is 1.83 bits per heavy atom. The maximum atomic E-state index is 13.1. The fourth-order valence-electron chi connectivity index (χ4n) is 5.33. The van der Waals surface area contributed by atoms with Crippen molar-refractivity contribution in [2.24, 2.45) is 11.8 Å². The molecule has 1 amide bonds. The number of fused-ring (bicyclic) bond motifs is 3. The van der Waals surface area contributed by atoms with Crippen molar-refractivity contribution in [3.8, 4) is 11.5 Å². The van der Waals surface area contributed by atoms with Crippen molar-refractivity contribution < 1.29 is 19.4 Å². The van der Waals surface area contributed by atoms with Gasteiger partial charge in [-0.15, -0.1) is 0 Å². The van der Waals surface area contributed by atoms with Gasteiger partial charge in [-0.3, -0.25) is 4.79 Å². The highest BCUT2D eigenvalue weighted by molar-refractivity contribution is 5.95. The van der Waals surface area contributed by atoms with Gasteiger partial charge in [0.2, 0.25) is 6.79 Å². The highest BCUT2D eigenvalue weighted by Gasteiger charge is 2.44. The summed E-state index contributed by atoms with van der Waals surface area (Å²) >= 11 is 0. The highest BCUT2D eigenvalue weighted by Crippen LogP contribution is 2.43. The molecule has 1 saturated carbocycles. The minimum Gasteiger partial charge on any atom is -0.454 e. The van der Waals surface area contributed by atoms with Crippen LogP contribution in [0.4, 0.5) is 0 Å². The molecular weight excluding hydrogens is 382 g/mol. The number of aliphatic hydroxyl groups excluding tert-OH is 1. The smallest absolute Gasteiger partial charge is 0.254 e. The van der Waals surface area contributed by atoms with E-state index in [-0.39, 0.29) is 18.7 Å². The number of aromatic nitrogens is 2. The van der Waals surface area contributed by atoms with E-state index in [4.69, 9.17) is 9.47 Å². The van der Waals surface area contributed by atoms with Crippen LogP contribution in [0.5, 0.6) is 11.5 Å². The topological polar surface area (TPSA) is 76.8 Å². The third-order valence-corrected chi connectivity index (χ3v) is 6.85. The van der Waals surface area contributed by atoms with Gasteiger partial charge in [-0.2, -0.15) is 0 Å². The first-order valence-electron chi connectivity index (χ1n) is 10.5. The lowest BCUT2D eigenvalue weighted by Gasteiger charge is -2.36. The summed E-state index contributed by atoms with van der Waals surface area (Å²) in [4.78, 5) is 19.5. The zero-order chi connectivity index (χ0) is 20.2. The quantitative estimate of drug-likeness (QED) is 0.710. The number of benzene rings is 2. The second-order valence-corrected chi connectivity index (χ2v) is 8.54. The Balaban J connectivity index is 1.22. The van der Waals surface area contributed by atoms with Crippen molar-refractivity contribution in [3.63, 3.8) is 0 Å². The summed E-state index contributed by atoms with van der Waals surface area (Å²) in [5.41, 5.74) is 2.61. The number of ether oxygens (including phenoxy) is 2. The van der Waals surface area contributed by atoms with Crippen LogP contribution in [0, 0.1) is 11.8 Å². The molecule has 1 aliphatic carbocycles. The molecule has 2 fully saturated rings. The summed E-state index contributed by atoms with van der Waals surface area (Å²) in [6.45, 7) is 1.60. The number of hydrogen-bond donors (Lipinski definition) is 1. The molecule has 7 nitrogen and oxygen atoms in total. The summed E-state index contributed by atoms with van der Waals surface area (Å²) in [7, 11) is 0. The van der Waals surface area contributed by atoms with Gasteiger partial charge >= 0.3 is 0 Å². The van der Waals surface area contributed by atoms with E-state index in [9.17, 15) is 9.90 Å². The number of imidazole rings is 1. The largest absolute Gasteiger partial charge is 0.454 e. The number of hydrogen-bond acceptors (Lipinski definition) is 5. The minimum atomic E-state index is -0.440. The molecule has 6 rings (SSSR count). The fraction of sp³-hybridized carbons (Fsp3) is 0.391. The van der Waals surface area contributed by atoms with Gasteiger partial charge in [0, 0.05) is 18.7 Å². The van der Waals surface area contributed by atoms with Crippen LogP contribution in [0.3, 0.4) is 0 Å². The van der Waals surface area contributed by atoms with Gasteiger partial charge in [-0.1, -0.05) is 12.1 Å². The van der Waals surface area contributed by atoms with E-state index < -0.39 is 6.10 Å². The van der Waals surface area contributed by atoms with Gasteiger partial charge in [0.05, 0.1) is 29.5 Å². The maximum absolute atomic E-state index is 13.1. The lowest BCUT2D eigenvalue weighted by atomic mass is 9.77. The number of para-hydroxylation sites is 2. The molecule has 1 N–H and O–H groups in total. The Kier molecular flexibility index (Phi) is 3.99. The van der Waals surface area contributed by atoms with Crippen molar-refractivity contribution >= 4 is 16.9 Å². The van der Waals surface area contributed by atoms with E-state index in [1.807, 2.05) is 35.5 Å². The Morgan fingerprint density at radius 3 is 2.73 bits per heavy atom. The second-order valence-electron chi connectivity index (χ2n) is 8.54. The van der Waals surface area contributed by atoms with Gasteiger partial charge in [0.25, 0.3) is 5.91 Å². The molecule has 3 aliphatic rings. The molecule has 0 bridgehead atoms. The van der Waals surface area contributed by atoms with Crippen molar-refractivity contribution in [2.75, 3.05) is 19.9 Å². The molecule has 0 unspecified atom stereocenters. The van der Waals surface area contributed by atoms with E-state index in [1.54, 1.807) is 18.2 Å². The van der Waals surface area contributed by atoms with E-state index >= 15 is 0 Å². The summed E-state index contributed by atoms with van der Waals surface area (Å²) in [5, 5.41) is 10.9. The van der Waals surface area contributed by atoms with Gasteiger partial charge in [0.15, 0.2) is 11.5 Å². The number of carbonyl (C=O) groups excluding carboxylic acids is 1. The van der Waals surface area contributed by atoms with Crippen LogP contribution >= 0.6 is 0 Å². The summed E-state index contributed by atoms with van der Waals surface area (Å²) in [6, 6.07) is 13.4. The average Bonchev–Trinajstić information content (AvgIpc) is 3.49. The van der Waals surface area contributed by atoms with Gasteiger partial charge in [-0.25, -0.2) is 4.98 Å². The van der Waals surface area contributed by atoms with Crippen molar-refractivity contribution in [3.05, 3.63) is 54.4 Å². The third-order valence-electron chi connectivity index (χ3n) is 6.85. The number of nitrogens with zero attached hydrogens (tertiary/aromatic N) is 3. The molecule has 3 aromatic rings. The lowest BCUT2D eigenvalue weighted by molar-refractivity contribution is 0.0374. The first-order valence-corrected chi connectivity index (χ1v) is 10.5. The van der Waals surface area contributed by atoms with Gasteiger partial charge in [0.1, 0.15) is 0 Å². The van der Waals surface area contributed by atoms with Crippen LogP contribution in [-0.2, 0) is 0 Å². The predicted molar refractivity (Wildman–Crippen MR) is 109 cm³/mol. The van der Waals surface area contributed by atoms with E-state index in [0.29, 0.717) is 48.4 Å². The molecule has 2 aromatic carbocycles. The molecule has 1 aromatic heterocycles. The van der Waals surface area contributed by atoms with Gasteiger partial charge < -0.3 is 24.0 Å². The molecule has 7 heteroatoms. The lowest BCUT2D eigenvalue weighted by Crippen LogP contribution is -2.36. The maximum Gasteiger partial charge on any atom is 0.254 e. The van der Waals surface area contributed by atoms with Crippen LogP contribution in [-0.4, -0.2) is 51.5 Å². The second kappa shape index (κ2) is 6.74. The Hall–Kier alpha value is -3.06. The molecule has 2 aliphatic heterocycles. The Bertz CT molecular complexity index is 1130. The normalized spacial score (nSPS) is 27.4. The fourth-order valence-corrected chi connectivity index (χ4v) is 5.33. The number of aliphatic hydroxyl groups is 1. The van der Waals surface area contributed by atoms with Crippen LogP contribution < -0.4 is 9.47 Å². The standard InChI is InChI=1S/C23H23N3O4/c27-20-8-16-11-25(23(28)14-5-6-21-22(9-14)30-13-29-21)10-15(16)7-19(20)26-12-24-17-3-1-2-4-18(17)26/h1-6,9,12,15-16,19-20,27H,7-8,10-11,13H2/t15-,16+,19-,20-/m1/s1. The molecule has 0 spiro atoms. The summed E-state index contributed by atoms with van der Waals surface area (Å²) < 4.78 is 12.9. The molecule has 154 valence electrons. The monoisotopic (exact) mass is 405 g/mol. The highest BCUT2D eigenvalue weighted by atomic mass is 16.7. The first-order chi connectivity index (χ1) is 14.7. The molecule has 4 atom stereocenters. The Morgan fingerprint density at radius 1 is 1.03 bits per heavy atom. The van der Waals surface area contributed by atoms with Crippen LogP contribution in [0.25, 0.3) is 11.0 Å². The van der Waals surface area contributed by atoms with Crippen LogP contribution in [0.1, 0.15) is 29.2 Å². The zero-order valence-electron chi connectivity index (χ0n) is 16.5. The predicted octanol–water partition coefficient (Wildman–Crippen LogP) is 2.85. The molecular formula is C23H23N3O4. The van der Waals surface area contributed by atoms with Crippen LogP contribution in [0.2, 0.25) is 0 Å². The van der Waals surface area contributed by atoms with Gasteiger partial charge in [-0.05, 0) is 55.0 Å². The van der Waals surface area contributed by atoms with Crippen molar-refractivity contribution in [1.29, 1.82) is 0 Å². The molecule has 30 heavy (non-hydrogen) atoms. The summed E-state index contributed by atoms with van der Waals surface area (Å²) in [5.74, 6) is 2.02. The SMILES string of the molecule is O=C(c1ccc2c(c1)OCO2)N1C[C@H]2C[C@@H](n3cnc4ccccc43)[C@H](O)C[C@H]2C1.